The van der Waals surface area contributed by atoms with Crippen molar-refractivity contribution >= 4 is 5.91 Å². The van der Waals surface area contributed by atoms with E-state index in [1.54, 1.807) is 30.2 Å². The summed E-state index contributed by atoms with van der Waals surface area (Å²) in [5, 5.41) is 12.9. The molecule has 1 amide bonds. The van der Waals surface area contributed by atoms with Gasteiger partial charge in [0.2, 0.25) is 5.91 Å². The van der Waals surface area contributed by atoms with Gasteiger partial charge in [-0.05, 0) is 12.5 Å². The Kier molecular flexibility index (Phi) is 4.90. The maximum Gasteiger partial charge on any atom is 0.240 e. The minimum Gasteiger partial charge on any atom is -0.391 e. The fourth-order valence-corrected chi connectivity index (χ4v) is 1.97. The van der Waals surface area contributed by atoms with E-state index in [9.17, 15) is 9.90 Å². The average Bonchev–Trinajstić information content (AvgIpc) is 2.92. The highest BCUT2D eigenvalue weighted by Crippen LogP contribution is 2.06. The topological polar surface area (TPSA) is 67.2 Å². The first kappa shape index (κ1) is 14.3. The van der Waals surface area contributed by atoms with Gasteiger partial charge in [-0.25, -0.2) is 4.98 Å². The van der Waals surface area contributed by atoms with Gasteiger partial charge in [0.15, 0.2) is 0 Å². The zero-order valence-corrected chi connectivity index (χ0v) is 11.4. The van der Waals surface area contributed by atoms with E-state index >= 15 is 0 Å². The molecule has 0 aliphatic heterocycles. The van der Waals surface area contributed by atoms with Gasteiger partial charge in [-0.1, -0.05) is 30.3 Å². The normalized spacial score (nSPS) is 13.7. The summed E-state index contributed by atoms with van der Waals surface area (Å²) in [4.78, 5) is 15.7. The molecule has 2 atom stereocenters. The van der Waals surface area contributed by atoms with Crippen LogP contribution in [0.5, 0.6) is 0 Å². The van der Waals surface area contributed by atoms with Gasteiger partial charge >= 0.3 is 0 Å². The van der Waals surface area contributed by atoms with Gasteiger partial charge < -0.3 is 15.0 Å². The quantitative estimate of drug-likeness (QED) is 0.825. The smallest absolute Gasteiger partial charge is 0.240 e. The minimum absolute atomic E-state index is 0.136. The number of aliphatic hydroxyl groups is 1. The first-order chi connectivity index (χ1) is 9.65. The van der Waals surface area contributed by atoms with Crippen molar-refractivity contribution in [3.63, 3.8) is 0 Å². The van der Waals surface area contributed by atoms with Crippen molar-refractivity contribution in [2.24, 2.45) is 0 Å². The fraction of sp³-hybridized carbons (Fsp3) is 0.333. The van der Waals surface area contributed by atoms with E-state index in [1.807, 2.05) is 30.3 Å². The number of rotatable bonds is 6. The zero-order chi connectivity index (χ0) is 14.4. The first-order valence-electron chi connectivity index (χ1n) is 6.62. The van der Waals surface area contributed by atoms with Crippen LogP contribution in [-0.4, -0.2) is 32.7 Å². The molecule has 20 heavy (non-hydrogen) atoms. The van der Waals surface area contributed by atoms with Crippen LogP contribution in [-0.2, 0) is 17.8 Å². The first-order valence-corrected chi connectivity index (χ1v) is 6.62. The molecule has 0 saturated carbocycles. The molecule has 1 heterocycles. The van der Waals surface area contributed by atoms with Gasteiger partial charge in [0.1, 0.15) is 6.54 Å². The number of amides is 1. The second-order valence-corrected chi connectivity index (χ2v) is 4.85. The van der Waals surface area contributed by atoms with Gasteiger partial charge in [0, 0.05) is 18.8 Å². The van der Waals surface area contributed by atoms with Crippen LogP contribution < -0.4 is 5.32 Å². The molecule has 0 saturated heterocycles. The molecule has 0 bridgehead atoms. The second-order valence-electron chi connectivity index (χ2n) is 4.85. The van der Waals surface area contributed by atoms with E-state index in [1.165, 1.54) is 0 Å². The molecular weight excluding hydrogens is 254 g/mol. The standard InChI is InChI=1S/C15H19N3O2/c1-12(14(19)9-13-5-3-2-4-6-13)17-15(20)10-18-8-7-16-11-18/h2-8,11-12,14,19H,9-10H2,1H3,(H,17,20). The maximum atomic E-state index is 11.8. The minimum atomic E-state index is -0.607. The van der Waals surface area contributed by atoms with Crippen LogP contribution >= 0.6 is 0 Å². The van der Waals surface area contributed by atoms with Crippen LogP contribution in [0.4, 0.5) is 0 Å². The van der Waals surface area contributed by atoms with E-state index in [-0.39, 0.29) is 18.5 Å². The van der Waals surface area contributed by atoms with Gasteiger partial charge in [0.25, 0.3) is 0 Å². The molecule has 5 nitrogen and oxygen atoms in total. The third-order valence-corrected chi connectivity index (χ3v) is 3.14. The molecule has 2 rings (SSSR count). The lowest BCUT2D eigenvalue weighted by Crippen LogP contribution is -2.43. The number of nitrogens with one attached hydrogen (secondary N) is 1. The monoisotopic (exact) mass is 273 g/mol. The van der Waals surface area contributed by atoms with Crippen molar-refractivity contribution in [2.45, 2.75) is 32.0 Å². The molecule has 0 aliphatic rings. The number of imidazole rings is 1. The molecular formula is C15H19N3O2. The van der Waals surface area contributed by atoms with Crippen LogP contribution in [0.15, 0.2) is 49.1 Å². The Bertz CT molecular complexity index is 525. The van der Waals surface area contributed by atoms with E-state index in [4.69, 9.17) is 0 Å². The maximum absolute atomic E-state index is 11.8. The van der Waals surface area contributed by atoms with Crippen molar-refractivity contribution in [1.29, 1.82) is 0 Å². The van der Waals surface area contributed by atoms with Gasteiger partial charge in [0.05, 0.1) is 18.5 Å². The van der Waals surface area contributed by atoms with Crippen LogP contribution in [0.2, 0.25) is 0 Å². The molecule has 0 spiro atoms. The number of aromatic nitrogens is 2. The largest absolute Gasteiger partial charge is 0.391 e. The Morgan fingerprint density at radius 3 is 2.80 bits per heavy atom. The molecule has 2 aromatic rings. The molecule has 0 radical (unpaired) electrons. The molecule has 1 aromatic heterocycles. The molecule has 2 unspecified atom stereocenters. The Labute approximate surface area is 118 Å². The third-order valence-electron chi connectivity index (χ3n) is 3.14. The average molecular weight is 273 g/mol. The summed E-state index contributed by atoms with van der Waals surface area (Å²) in [6.45, 7) is 2.02. The predicted octanol–water partition coefficient (Wildman–Crippen LogP) is 0.991. The van der Waals surface area contributed by atoms with Crippen molar-refractivity contribution in [3.05, 3.63) is 54.6 Å². The molecule has 5 heteroatoms. The van der Waals surface area contributed by atoms with Crippen molar-refractivity contribution < 1.29 is 9.90 Å². The number of hydrogen-bond donors (Lipinski definition) is 2. The summed E-state index contributed by atoms with van der Waals surface area (Å²) < 4.78 is 1.69. The second kappa shape index (κ2) is 6.86. The molecule has 1 aromatic carbocycles. The summed E-state index contributed by atoms with van der Waals surface area (Å²) in [6.07, 6.45) is 4.85. The van der Waals surface area contributed by atoms with Gasteiger partial charge in [-0.2, -0.15) is 0 Å². The number of hydrogen-bond acceptors (Lipinski definition) is 3. The lowest BCUT2D eigenvalue weighted by atomic mass is 10.0. The molecule has 0 fully saturated rings. The highest BCUT2D eigenvalue weighted by molar-refractivity contribution is 5.76. The number of aliphatic hydroxyl groups excluding tert-OH is 1. The van der Waals surface area contributed by atoms with Crippen molar-refractivity contribution in [1.82, 2.24) is 14.9 Å². The summed E-state index contributed by atoms with van der Waals surface area (Å²) in [5.74, 6) is -0.136. The highest BCUT2D eigenvalue weighted by Gasteiger charge is 2.17. The molecule has 106 valence electrons. The number of carbonyl (C=O) groups is 1. The Morgan fingerprint density at radius 2 is 2.15 bits per heavy atom. The third kappa shape index (κ3) is 4.20. The van der Waals surface area contributed by atoms with Crippen molar-refractivity contribution in [3.8, 4) is 0 Å². The van der Waals surface area contributed by atoms with E-state index < -0.39 is 6.10 Å². The van der Waals surface area contributed by atoms with Crippen LogP contribution in [0.25, 0.3) is 0 Å². The van der Waals surface area contributed by atoms with E-state index in [2.05, 4.69) is 10.3 Å². The van der Waals surface area contributed by atoms with E-state index in [0.29, 0.717) is 6.42 Å². The van der Waals surface area contributed by atoms with Crippen LogP contribution in [0, 0.1) is 0 Å². The Morgan fingerprint density at radius 1 is 1.40 bits per heavy atom. The Hall–Kier alpha value is -2.14. The van der Waals surface area contributed by atoms with Crippen LogP contribution in [0.1, 0.15) is 12.5 Å². The van der Waals surface area contributed by atoms with Gasteiger partial charge in [-0.3, -0.25) is 4.79 Å². The SMILES string of the molecule is CC(NC(=O)Cn1ccnc1)C(O)Cc1ccccc1. The Balaban J connectivity index is 1.81. The fourth-order valence-electron chi connectivity index (χ4n) is 1.97. The van der Waals surface area contributed by atoms with Crippen LogP contribution in [0.3, 0.4) is 0 Å². The highest BCUT2D eigenvalue weighted by atomic mass is 16.3. The number of carbonyl (C=O) groups excluding carboxylic acids is 1. The van der Waals surface area contributed by atoms with E-state index in [0.717, 1.165) is 5.56 Å². The van der Waals surface area contributed by atoms with Crippen molar-refractivity contribution in [2.75, 3.05) is 0 Å². The summed E-state index contributed by atoms with van der Waals surface area (Å²) in [6, 6.07) is 9.43. The summed E-state index contributed by atoms with van der Waals surface area (Å²) in [7, 11) is 0. The molecule has 2 N–H and O–H groups in total. The summed E-state index contributed by atoms with van der Waals surface area (Å²) >= 11 is 0. The number of nitrogens with zero attached hydrogens (tertiary/aromatic N) is 2. The predicted molar refractivity (Wildman–Crippen MR) is 76.0 cm³/mol. The van der Waals surface area contributed by atoms with Gasteiger partial charge in [-0.15, -0.1) is 0 Å². The lowest BCUT2D eigenvalue weighted by Gasteiger charge is -2.20. The summed E-state index contributed by atoms with van der Waals surface area (Å²) in [5.41, 5.74) is 1.05. The lowest BCUT2D eigenvalue weighted by molar-refractivity contribution is -0.123. The molecule has 0 aliphatic carbocycles. The number of benzene rings is 1. The zero-order valence-electron chi connectivity index (χ0n) is 11.4.